The topological polar surface area (TPSA) is 20.3 Å². The van der Waals surface area contributed by atoms with E-state index in [1.54, 1.807) is 0 Å². The Morgan fingerprint density at radius 3 is 2.67 bits per heavy atom. The van der Waals surface area contributed by atoms with Crippen molar-refractivity contribution in [2.75, 3.05) is 11.4 Å². The maximum atomic E-state index is 12.1. The summed E-state index contributed by atoms with van der Waals surface area (Å²) in [5.74, 6) is 0.238. The predicted molar refractivity (Wildman–Crippen MR) is 73.6 cm³/mol. The van der Waals surface area contributed by atoms with Crippen molar-refractivity contribution >= 4 is 11.5 Å². The Bertz CT molecular complexity index is 554. The summed E-state index contributed by atoms with van der Waals surface area (Å²) in [5, 5.41) is 0. The van der Waals surface area contributed by atoms with Gasteiger partial charge in [0.15, 0.2) is 5.78 Å². The molecule has 1 aliphatic carbocycles. The van der Waals surface area contributed by atoms with E-state index in [9.17, 15) is 4.79 Å². The highest BCUT2D eigenvalue weighted by molar-refractivity contribution is 6.10. The van der Waals surface area contributed by atoms with Gasteiger partial charge in [0, 0.05) is 24.0 Å². The number of allylic oxidation sites excluding steroid dienone is 3. The van der Waals surface area contributed by atoms with Crippen molar-refractivity contribution in [3.05, 3.63) is 53.3 Å². The van der Waals surface area contributed by atoms with E-state index < -0.39 is 0 Å². The molecule has 2 aliphatic rings. The molecule has 0 N–H and O–H groups in total. The van der Waals surface area contributed by atoms with Gasteiger partial charge in [0.25, 0.3) is 0 Å². The number of ketones is 1. The van der Waals surface area contributed by atoms with Gasteiger partial charge in [-0.3, -0.25) is 4.79 Å². The van der Waals surface area contributed by atoms with E-state index in [2.05, 4.69) is 35.4 Å². The number of nitrogens with zero attached hydrogens (tertiary/aromatic N) is 1. The van der Waals surface area contributed by atoms with Gasteiger partial charge >= 0.3 is 0 Å². The van der Waals surface area contributed by atoms with Gasteiger partial charge in [0.2, 0.25) is 0 Å². The van der Waals surface area contributed by atoms with Crippen molar-refractivity contribution in [3.8, 4) is 0 Å². The molecule has 92 valence electrons. The Labute approximate surface area is 108 Å². The smallest absolute Gasteiger partial charge is 0.186 e. The van der Waals surface area contributed by atoms with Gasteiger partial charge in [0.05, 0.1) is 0 Å². The molecule has 3 rings (SSSR count). The summed E-state index contributed by atoms with van der Waals surface area (Å²) in [5.41, 5.74) is 4.56. The SMILES string of the molecule is C/C=C1\CC/C(=C\N2CCc3ccccc32)C1=O. The fraction of sp³-hybridized carbons (Fsp3) is 0.312. The zero-order valence-electron chi connectivity index (χ0n) is 10.6. The summed E-state index contributed by atoms with van der Waals surface area (Å²) in [6.45, 7) is 2.93. The molecule has 0 saturated heterocycles. The van der Waals surface area contributed by atoms with Crippen LogP contribution in [-0.2, 0) is 11.2 Å². The average molecular weight is 239 g/mol. The Morgan fingerprint density at radius 1 is 1.11 bits per heavy atom. The fourth-order valence-electron chi connectivity index (χ4n) is 2.79. The molecule has 1 aromatic rings. The van der Waals surface area contributed by atoms with Gasteiger partial charge < -0.3 is 4.90 Å². The van der Waals surface area contributed by atoms with Crippen molar-refractivity contribution in [1.82, 2.24) is 0 Å². The summed E-state index contributed by atoms with van der Waals surface area (Å²) >= 11 is 0. The van der Waals surface area contributed by atoms with E-state index in [0.717, 1.165) is 37.0 Å². The van der Waals surface area contributed by atoms with E-state index in [4.69, 9.17) is 0 Å². The number of Topliss-reactive ketones (excluding diaryl/α,β-unsaturated/α-hetero) is 1. The maximum Gasteiger partial charge on any atom is 0.186 e. The van der Waals surface area contributed by atoms with Crippen LogP contribution < -0.4 is 4.90 Å². The largest absolute Gasteiger partial charge is 0.347 e. The molecule has 0 unspecified atom stereocenters. The zero-order valence-corrected chi connectivity index (χ0v) is 10.6. The number of hydrogen-bond acceptors (Lipinski definition) is 2. The third-order valence-corrected chi connectivity index (χ3v) is 3.83. The Balaban J connectivity index is 1.89. The highest BCUT2D eigenvalue weighted by atomic mass is 16.1. The van der Waals surface area contributed by atoms with E-state index >= 15 is 0 Å². The lowest BCUT2D eigenvalue weighted by Crippen LogP contribution is -2.14. The molecule has 0 amide bonds. The van der Waals surface area contributed by atoms with Crippen molar-refractivity contribution in [2.45, 2.75) is 26.2 Å². The molecule has 1 aromatic carbocycles. The lowest BCUT2D eigenvalue weighted by Gasteiger charge is -2.14. The molecule has 18 heavy (non-hydrogen) atoms. The van der Waals surface area contributed by atoms with Crippen molar-refractivity contribution < 1.29 is 4.79 Å². The number of benzene rings is 1. The van der Waals surface area contributed by atoms with Gasteiger partial charge in [-0.05, 0) is 43.4 Å². The number of anilines is 1. The maximum absolute atomic E-state index is 12.1. The second-order valence-electron chi connectivity index (χ2n) is 4.87. The number of rotatable bonds is 1. The number of fused-ring (bicyclic) bond motifs is 1. The highest BCUT2D eigenvalue weighted by Gasteiger charge is 2.24. The third-order valence-electron chi connectivity index (χ3n) is 3.83. The quantitative estimate of drug-likeness (QED) is 0.701. The number of para-hydroxylation sites is 1. The highest BCUT2D eigenvalue weighted by Crippen LogP contribution is 2.31. The molecule has 0 atom stereocenters. The van der Waals surface area contributed by atoms with E-state index in [1.807, 2.05) is 13.0 Å². The molecule has 0 spiro atoms. The molecule has 0 aromatic heterocycles. The first-order chi connectivity index (χ1) is 8.79. The first kappa shape index (κ1) is 11.3. The Morgan fingerprint density at radius 2 is 1.89 bits per heavy atom. The number of carbonyl (C=O) groups excluding carboxylic acids is 1. The molecule has 1 heterocycles. The standard InChI is InChI=1S/C16H17NO/c1-2-12-7-8-14(16(12)18)11-17-10-9-13-5-3-4-6-15(13)17/h2-6,11H,7-10H2,1H3/b12-2+,14-11+. The first-order valence-electron chi connectivity index (χ1n) is 6.54. The van der Waals surface area contributed by atoms with Gasteiger partial charge in [0.1, 0.15) is 0 Å². The van der Waals surface area contributed by atoms with Crippen LogP contribution in [0.25, 0.3) is 0 Å². The Kier molecular flexibility index (Phi) is 2.78. The lowest BCUT2D eigenvalue weighted by molar-refractivity contribution is -0.111. The molecular weight excluding hydrogens is 222 g/mol. The summed E-state index contributed by atoms with van der Waals surface area (Å²) in [6.07, 6.45) is 6.87. The van der Waals surface area contributed by atoms with Gasteiger partial charge in [-0.25, -0.2) is 0 Å². The van der Waals surface area contributed by atoms with E-state index in [1.165, 1.54) is 11.3 Å². The third kappa shape index (κ3) is 1.78. The predicted octanol–water partition coefficient (Wildman–Crippen LogP) is 3.24. The minimum Gasteiger partial charge on any atom is -0.347 e. The molecule has 2 heteroatoms. The second kappa shape index (κ2) is 4.45. The summed E-state index contributed by atoms with van der Waals surface area (Å²) in [6, 6.07) is 8.44. The van der Waals surface area contributed by atoms with Gasteiger partial charge in [-0.15, -0.1) is 0 Å². The molecule has 2 nitrogen and oxygen atoms in total. The van der Waals surface area contributed by atoms with Crippen LogP contribution in [0.3, 0.4) is 0 Å². The minimum absolute atomic E-state index is 0.238. The van der Waals surface area contributed by atoms with Crippen molar-refractivity contribution in [3.63, 3.8) is 0 Å². The molecule has 1 fully saturated rings. The van der Waals surface area contributed by atoms with Crippen LogP contribution in [0.4, 0.5) is 5.69 Å². The molecule has 1 aliphatic heterocycles. The monoisotopic (exact) mass is 239 g/mol. The van der Waals surface area contributed by atoms with Crippen molar-refractivity contribution in [1.29, 1.82) is 0 Å². The van der Waals surface area contributed by atoms with Crippen LogP contribution in [0, 0.1) is 0 Å². The zero-order chi connectivity index (χ0) is 12.5. The minimum atomic E-state index is 0.238. The van der Waals surface area contributed by atoms with Crippen LogP contribution in [-0.4, -0.2) is 12.3 Å². The van der Waals surface area contributed by atoms with Crippen LogP contribution in [0.2, 0.25) is 0 Å². The summed E-state index contributed by atoms with van der Waals surface area (Å²) in [7, 11) is 0. The summed E-state index contributed by atoms with van der Waals surface area (Å²) < 4.78 is 0. The second-order valence-corrected chi connectivity index (χ2v) is 4.87. The van der Waals surface area contributed by atoms with E-state index in [-0.39, 0.29) is 5.78 Å². The Hall–Kier alpha value is -1.83. The molecule has 0 bridgehead atoms. The molecule has 0 radical (unpaired) electrons. The van der Waals surface area contributed by atoms with Gasteiger partial charge in [-0.2, -0.15) is 0 Å². The normalized spacial score (nSPS) is 23.2. The molecular formula is C16H17NO. The average Bonchev–Trinajstić information content (AvgIpc) is 2.96. The summed E-state index contributed by atoms with van der Waals surface area (Å²) in [4.78, 5) is 14.3. The van der Waals surface area contributed by atoms with Crippen molar-refractivity contribution in [2.24, 2.45) is 0 Å². The fourth-order valence-corrected chi connectivity index (χ4v) is 2.79. The number of carbonyl (C=O) groups is 1. The van der Waals surface area contributed by atoms with Gasteiger partial charge in [-0.1, -0.05) is 24.3 Å². The van der Waals surface area contributed by atoms with Crippen LogP contribution in [0.5, 0.6) is 0 Å². The first-order valence-corrected chi connectivity index (χ1v) is 6.54. The lowest BCUT2D eigenvalue weighted by atomic mass is 10.1. The van der Waals surface area contributed by atoms with E-state index in [0.29, 0.717) is 0 Å². The van der Waals surface area contributed by atoms with Crippen LogP contribution in [0.15, 0.2) is 47.7 Å². The van der Waals surface area contributed by atoms with Crippen LogP contribution >= 0.6 is 0 Å². The van der Waals surface area contributed by atoms with Crippen LogP contribution in [0.1, 0.15) is 25.3 Å². The molecule has 1 saturated carbocycles. The number of hydrogen-bond donors (Lipinski definition) is 0.